The fraction of sp³-hybridized carbons (Fsp3) is 0.200. The van der Waals surface area contributed by atoms with Crippen molar-refractivity contribution in [2.45, 2.75) is 13.8 Å². The van der Waals surface area contributed by atoms with Crippen molar-refractivity contribution in [1.82, 2.24) is 5.43 Å². The van der Waals surface area contributed by atoms with Gasteiger partial charge in [0.2, 0.25) is 0 Å². The number of aryl methyl sites for hydroxylation is 2. The number of nitrogens with one attached hydrogen (secondary N) is 2. The van der Waals surface area contributed by atoms with Crippen LogP contribution in [0, 0.1) is 13.8 Å². The molecule has 3 rings (SSSR count). The lowest BCUT2D eigenvalue weighted by Gasteiger charge is -2.14. The van der Waals surface area contributed by atoms with Crippen molar-refractivity contribution in [3.05, 3.63) is 81.8 Å². The molecule has 0 aliphatic carbocycles. The summed E-state index contributed by atoms with van der Waals surface area (Å²) >= 11 is 8.81. The lowest BCUT2D eigenvalue weighted by atomic mass is 10.1. The van der Waals surface area contributed by atoms with E-state index < -0.39 is 0 Å². The average Bonchev–Trinajstić information content (AvgIpc) is 2.80. The first-order valence-corrected chi connectivity index (χ1v) is 11.5. The Balaban J connectivity index is 1.54. The van der Waals surface area contributed by atoms with Crippen LogP contribution in [0.5, 0.6) is 17.2 Å². The monoisotopic (exact) mass is 527 g/mol. The highest BCUT2D eigenvalue weighted by Crippen LogP contribution is 2.36. The lowest BCUT2D eigenvalue weighted by molar-refractivity contribution is 0.210. The van der Waals surface area contributed by atoms with Crippen LogP contribution in [0.25, 0.3) is 0 Å². The Labute approximate surface area is 208 Å². The van der Waals surface area contributed by atoms with Crippen molar-refractivity contribution in [3.8, 4) is 17.2 Å². The summed E-state index contributed by atoms with van der Waals surface area (Å²) in [4.78, 5) is 0. The van der Waals surface area contributed by atoms with Crippen LogP contribution in [0.3, 0.4) is 0 Å². The number of methoxy groups -OCH3 is 1. The summed E-state index contributed by atoms with van der Waals surface area (Å²) in [6.45, 7) is 4.92. The molecule has 0 radical (unpaired) electrons. The summed E-state index contributed by atoms with van der Waals surface area (Å²) in [6.07, 6.45) is 1.65. The minimum Gasteiger partial charge on any atom is -0.493 e. The highest BCUT2D eigenvalue weighted by atomic mass is 79.9. The zero-order chi connectivity index (χ0) is 23.6. The van der Waals surface area contributed by atoms with Gasteiger partial charge in [-0.2, -0.15) is 5.10 Å². The van der Waals surface area contributed by atoms with Gasteiger partial charge in [-0.1, -0.05) is 24.3 Å². The van der Waals surface area contributed by atoms with Gasteiger partial charge < -0.3 is 19.5 Å². The smallest absolute Gasteiger partial charge is 0.191 e. The van der Waals surface area contributed by atoms with Crippen LogP contribution in [0.15, 0.2) is 70.2 Å². The molecule has 0 unspecified atom stereocenters. The molecule has 172 valence electrons. The van der Waals surface area contributed by atoms with Crippen LogP contribution in [0.2, 0.25) is 0 Å². The van der Waals surface area contributed by atoms with Crippen LogP contribution in [-0.4, -0.2) is 31.7 Å². The summed E-state index contributed by atoms with van der Waals surface area (Å²) in [5.41, 5.74) is 6.93. The third kappa shape index (κ3) is 7.47. The molecule has 0 amide bonds. The molecular formula is C25H26BrN3O3S. The molecule has 0 aliphatic heterocycles. The zero-order valence-electron chi connectivity index (χ0n) is 18.7. The molecule has 0 saturated carbocycles. The van der Waals surface area contributed by atoms with Gasteiger partial charge in [-0.3, -0.25) is 5.43 Å². The van der Waals surface area contributed by atoms with E-state index in [9.17, 15) is 0 Å². The Bertz CT molecular complexity index is 1120. The molecule has 8 heteroatoms. The lowest BCUT2D eigenvalue weighted by Crippen LogP contribution is -2.23. The minimum atomic E-state index is 0.371. The predicted molar refractivity (Wildman–Crippen MR) is 141 cm³/mol. The van der Waals surface area contributed by atoms with Gasteiger partial charge in [-0.05, 0) is 95.1 Å². The number of thiocarbonyl (C=S) groups is 1. The van der Waals surface area contributed by atoms with Crippen molar-refractivity contribution >= 4 is 45.2 Å². The number of hydrogen-bond acceptors (Lipinski definition) is 5. The number of para-hydroxylation sites is 1. The second-order valence-electron chi connectivity index (χ2n) is 7.17. The largest absolute Gasteiger partial charge is 0.493 e. The van der Waals surface area contributed by atoms with Crippen LogP contribution in [-0.2, 0) is 0 Å². The Morgan fingerprint density at radius 2 is 1.76 bits per heavy atom. The quantitative estimate of drug-likeness (QED) is 0.157. The number of ether oxygens (including phenoxy) is 3. The predicted octanol–water partition coefficient (Wildman–Crippen LogP) is 5.85. The third-order valence-corrected chi connectivity index (χ3v) is 5.52. The highest BCUT2D eigenvalue weighted by molar-refractivity contribution is 9.10. The van der Waals surface area contributed by atoms with Crippen LogP contribution in [0.1, 0.15) is 16.7 Å². The molecule has 3 aromatic rings. The van der Waals surface area contributed by atoms with Gasteiger partial charge in [-0.15, -0.1) is 0 Å². The van der Waals surface area contributed by atoms with E-state index in [2.05, 4.69) is 45.6 Å². The minimum absolute atomic E-state index is 0.371. The van der Waals surface area contributed by atoms with Gasteiger partial charge in [0.1, 0.15) is 19.0 Å². The number of benzene rings is 3. The molecular weight excluding hydrogens is 502 g/mol. The van der Waals surface area contributed by atoms with E-state index in [0.717, 1.165) is 21.5 Å². The average molecular weight is 528 g/mol. The van der Waals surface area contributed by atoms with E-state index in [-0.39, 0.29) is 0 Å². The molecule has 0 fully saturated rings. The molecule has 0 aromatic heterocycles. The molecule has 6 nitrogen and oxygen atoms in total. The Morgan fingerprint density at radius 1 is 1.00 bits per heavy atom. The number of rotatable bonds is 9. The van der Waals surface area contributed by atoms with Crippen molar-refractivity contribution in [2.24, 2.45) is 5.10 Å². The molecule has 0 atom stereocenters. The molecule has 0 saturated heterocycles. The van der Waals surface area contributed by atoms with Gasteiger partial charge in [0.25, 0.3) is 0 Å². The van der Waals surface area contributed by atoms with Crippen LogP contribution < -0.4 is 25.0 Å². The van der Waals surface area contributed by atoms with E-state index >= 15 is 0 Å². The zero-order valence-corrected chi connectivity index (χ0v) is 21.1. The first kappa shape index (κ1) is 24.5. The Kier molecular flexibility index (Phi) is 9.09. The maximum Gasteiger partial charge on any atom is 0.191 e. The van der Waals surface area contributed by atoms with Gasteiger partial charge in [0.15, 0.2) is 16.6 Å². The second-order valence-corrected chi connectivity index (χ2v) is 8.43. The number of halogens is 1. The van der Waals surface area contributed by atoms with Crippen molar-refractivity contribution in [2.75, 3.05) is 25.6 Å². The van der Waals surface area contributed by atoms with Crippen LogP contribution in [0.4, 0.5) is 5.69 Å². The maximum atomic E-state index is 5.91. The summed E-state index contributed by atoms with van der Waals surface area (Å²) in [6, 6.07) is 19.4. The van der Waals surface area contributed by atoms with Crippen molar-refractivity contribution in [3.63, 3.8) is 0 Å². The van der Waals surface area contributed by atoms with E-state index in [1.165, 1.54) is 11.1 Å². The Hall–Kier alpha value is -3.10. The van der Waals surface area contributed by atoms with Crippen LogP contribution >= 0.6 is 28.1 Å². The van der Waals surface area contributed by atoms with Crippen molar-refractivity contribution < 1.29 is 14.2 Å². The number of nitrogens with zero attached hydrogens (tertiary/aromatic N) is 1. The summed E-state index contributed by atoms with van der Waals surface area (Å²) < 4.78 is 18.0. The maximum absolute atomic E-state index is 5.91. The molecule has 0 aliphatic rings. The molecule has 33 heavy (non-hydrogen) atoms. The Morgan fingerprint density at radius 3 is 2.48 bits per heavy atom. The topological polar surface area (TPSA) is 64.1 Å². The van der Waals surface area contributed by atoms with E-state index in [4.69, 9.17) is 26.4 Å². The number of hydrazone groups is 1. The molecule has 0 heterocycles. The van der Waals surface area contributed by atoms with E-state index in [1.54, 1.807) is 13.3 Å². The summed E-state index contributed by atoms with van der Waals surface area (Å²) in [5, 5.41) is 7.64. The standard InChI is InChI=1S/C25H26BrN3O3S/c1-17-9-10-21(13-18(17)2)31-11-12-32-24-22(26)14-19(15-23(24)30-3)16-27-29-25(33)28-20-7-5-4-6-8-20/h4-10,13-16H,11-12H2,1-3H3,(H2,28,29,33)/b27-16-. The SMILES string of the molecule is COc1cc(/C=N\NC(=S)Nc2ccccc2)cc(Br)c1OCCOc1ccc(C)c(C)c1. The fourth-order valence-electron chi connectivity index (χ4n) is 2.91. The molecule has 0 bridgehead atoms. The normalized spacial score (nSPS) is 10.7. The first-order chi connectivity index (χ1) is 16.0. The second kappa shape index (κ2) is 12.2. The van der Waals surface area contributed by atoms with Gasteiger partial charge in [-0.25, -0.2) is 0 Å². The van der Waals surface area contributed by atoms with E-state index in [0.29, 0.717) is 29.8 Å². The van der Waals surface area contributed by atoms with Crippen molar-refractivity contribution in [1.29, 1.82) is 0 Å². The van der Waals surface area contributed by atoms with Gasteiger partial charge in [0, 0.05) is 5.69 Å². The third-order valence-electron chi connectivity index (χ3n) is 4.74. The first-order valence-electron chi connectivity index (χ1n) is 10.3. The summed E-state index contributed by atoms with van der Waals surface area (Å²) in [7, 11) is 1.60. The fourth-order valence-corrected chi connectivity index (χ4v) is 3.65. The molecule has 3 aromatic carbocycles. The molecule has 0 spiro atoms. The molecule has 2 N–H and O–H groups in total. The number of hydrogen-bond donors (Lipinski definition) is 2. The van der Waals surface area contributed by atoms with Gasteiger partial charge in [0.05, 0.1) is 17.8 Å². The van der Waals surface area contributed by atoms with Gasteiger partial charge >= 0.3 is 0 Å². The highest BCUT2D eigenvalue weighted by Gasteiger charge is 2.11. The van der Waals surface area contributed by atoms with E-state index in [1.807, 2.05) is 60.7 Å². The number of anilines is 1. The summed E-state index contributed by atoms with van der Waals surface area (Å²) in [5.74, 6) is 2.01.